The molecular formula is C13H22Cl2N2OSi. The molecule has 6 heteroatoms. The number of hydrogen-bond donors (Lipinski definition) is 0. The zero-order valence-corrected chi connectivity index (χ0v) is 15.0. The second-order valence-electron chi connectivity index (χ2n) is 6.19. The molecule has 0 aliphatic carbocycles. The van der Waals surface area contributed by atoms with Gasteiger partial charge in [0.05, 0.1) is 0 Å². The average Bonchev–Trinajstić information content (AvgIpc) is 2.20. The van der Waals surface area contributed by atoms with Crippen molar-refractivity contribution >= 4 is 31.5 Å². The van der Waals surface area contributed by atoms with E-state index in [0.717, 1.165) is 5.56 Å². The molecule has 1 aromatic rings. The molecular weight excluding hydrogens is 299 g/mol. The molecule has 0 amide bonds. The Bertz CT molecular complexity index is 435. The largest absolute Gasteiger partial charge is 0.416 e. The fraction of sp³-hybridized carbons (Fsp3) is 0.692. The summed E-state index contributed by atoms with van der Waals surface area (Å²) in [4.78, 5) is 8.25. The average molecular weight is 321 g/mol. The van der Waals surface area contributed by atoms with Gasteiger partial charge in [0, 0.05) is 18.6 Å². The van der Waals surface area contributed by atoms with Crippen LogP contribution >= 0.6 is 23.2 Å². The Morgan fingerprint density at radius 1 is 1.11 bits per heavy atom. The van der Waals surface area contributed by atoms with Gasteiger partial charge in [-0.25, -0.2) is 9.97 Å². The van der Waals surface area contributed by atoms with E-state index < -0.39 is 8.32 Å². The first kappa shape index (κ1) is 16.9. The molecule has 1 heterocycles. The van der Waals surface area contributed by atoms with E-state index in [0.29, 0.717) is 29.2 Å². The maximum absolute atomic E-state index is 6.10. The fourth-order valence-electron chi connectivity index (χ4n) is 1.36. The third kappa shape index (κ3) is 4.41. The van der Waals surface area contributed by atoms with Crippen LogP contribution in [0.2, 0.25) is 28.4 Å². The number of nitrogens with zero attached hydrogens (tertiary/aromatic N) is 2. The van der Waals surface area contributed by atoms with Gasteiger partial charge in [0.1, 0.15) is 16.1 Å². The van der Waals surface area contributed by atoms with E-state index in [4.69, 9.17) is 27.6 Å². The van der Waals surface area contributed by atoms with Crippen LogP contribution in [0.25, 0.3) is 0 Å². The van der Waals surface area contributed by atoms with Crippen molar-refractivity contribution in [2.75, 3.05) is 6.61 Å². The smallest absolute Gasteiger partial charge is 0.191 e. The van der Waals surface area contributed by atoms with Crippen LogP contribution in [0.4, 0.5) is 0 Å². The van der Waals surface area contributed by atoms with E-state index in [1.807, 2.05) is 0 Å². The van der Waals surface area contributed by atoms with Crippen molar-refractivity contribution in [1.82, 2.24) is 9.97 Å². The van der Waals surface area contributed by atoms with Crippen LogP contribution in [-0.2, 0) is 10.8 Å². The van der Waals surface area contributed by atoms with Gasteiger partial charge in [0.15, 0.2) is 8.32 Å². The van der Waals surface area contributed by atoms with Crippen LogP contribution in [0, 0.1) is 6.92 Å². The molecule has 0 radical (unpaired) electrons. The SMILES string of the molecule is Cc1nc(Cl)c(CCO[Si](C)(C)C(C)(C)C)c(Cl)n1. The van der Waals surface area contributed by atoms with Crippen LogP contribution in [0.5, 0.6) is 0 Å². The molecule has 0 saturated carbocycles. The van der Waals surface area contributed by atoms with E-state index in [9.17, 15) is 0 Å². The van der Waals surface area contributed by atoms with Crippen molar-refractivity contribution < 1.29 is 4.43 Å². The highest BCUT2D eigenvalue weighted by molar-refractivity contribution is 6.74. The Balaban J connectivity index is 2.69. The number of rotatable bonds is 4. The third-order valence-electron chi connectivity index (χ3n) is 3.64. The molecule has 0 aliphatic rings. The van der Waals surface area contributed by atoms with Gasteiger partial charge >= 0.3 is 0 Å². The monoisotopic (exact) mass is 320 g/mol. The number of aromatic nitrogens is 2. The van der Waals surface area contributed by atoms with Gasteiger partial charge in [-0.3, -0.25) is 0 Å². The molecule has 0 bridgehead atoms. The molecule has 0 unspecified atom stereocenters. The molecule has 0 saturated heterocycles. The molecule has 0 spiro atoms. The molecule has 0 fully saturated rings. The minimum atomic E-state index is -1.73. The van der Waals surface area contributed by atoms with Gasteiger partial charge in [0.2, 0.25) is 0 Å². The Kier molecular flexibility index (Phi) is 5.41. The van der Waals surface area contributed by atoms with Gasteiger partial charge < -0.3 is 4.43 Å². The lowest BCUT2D eigenvalue weighted by molar-refractivity contribution is 0.291. The molecule has 3 nitrogen and oxygen atoms in total. The molecule has 108 valence electrons. The second-order valence-corrected chi connectivity index (χ2v) is 11.7. The van der Waals surface area contributed by atoms with Gasteiger partial charge in [-0.15, -0.1) is 0 Å². The summed E-state index contributed by atoms with van der Waals surface area (Å²) in [5.74, 6) is 0.587. The molecule has 0 aromatic carbocycles. The number of halogens is 2. The van der Waals surface area contributed by atoms with Crippen LogP contribution in [0.15, 0.2) is 0 Å². The Hall–Kier alpha value is -0.163. The first-order valence-corrected chi connectivity index (χ1v) is 10.0. The Morgan fingerprint density at radius 3 is 2.00 bits per heavy atom. The zero-order chi connectivity index (χ0) is 14.8. The van der Waals surface area contributed by atoms with Crippen molar-refractivity contribution in [2.45, 2.75) is 52.2 Å². The van der Waals surface area contributed by atoms with E-state index in [2.05, 4.69) is 43.8 Å². The van der Waals surface area contributed by atoms with Crippen molar-refractivity contribution in [2.24, 2.45) is 0 Å². The van der Waals surface area contributed by atoms with Crippen LogP contribution in [0.3, 0.4) is 0 Å². The summed E-state index contributed by atoms with van der Waals surface area (Å²) >= 11 is 12.2. The summed E-state index contributed by atoms with van der Waals surface area (Å²) in [6, 6.07) is 0. The topological polar surface area (TPSA) is 35.0 Å². The maximum Gasteiger partial charge on any atom is 0.191 e. The van der Waals surface area contributed by atoms with Crippen LogP contribution < -0.4 is 0 Å². The van der Waals surface area contributed by atoms with Crippen LogP contribution in [-0.4, -0.2) is 24.9 Å². The summed E-state index contributed by atoms with van der Waals surface area (Å²) in [6.07, 6.45) is 0.643. The minimum Gasteiger partial charge on any atom is -0.416 e. The second kappa shape index (κ2) is 6.08. The Labute approximate surface area is 126 Å². The number of hydrogen-bond acceptors (Lipinski definition) is 3. The van der Waals surface area contributed by atoms with Crippen molar-refractivity contribution in [3.8, 4) is 0 Å². The van der Waals surface area contributed by atoms with E-state index in [-0.39, 0.29) is 5.04 Å². The van der Waals surface area contributed by atoms with Crippen LogP contribution in [0.1, 0.15) is 32.2 Å². The maximum atomic E-state index is 6.10. The lowest BCUT2D eigenvalue weighted by atomic mass is 10.2. The van der Waals surface area contributed by atoms with Gasteiger partial charge in [0.25, 0.3) is 0 Å². The summed E-state index contributed by atoms with van der Waals surface area (Å²) in [5, 5.41) is 1.05. The predicted molar refractivity (Wildman–Crippen MR) is 83.6 cm³/mol. The molecule has 0 N–H and O–H groups in total. The van der Waals surface area contributed by atoms with Crippen molar-refractivity contribution in [3.05, 3.63) is 21.7 Å². The highest BCUT2D eigenvalue weighted by atomic mass is 35.5. The van der Waals surface area contributed by atoms with Gasteiger partial charge in [-0.2, -0.15) is 0 Å². The normalized spacial score (nSPS) is 12.8. The third-order valence-corrected chi connectivity index (χ3v) is 8.80. The first-order valence-electron chi connectivity index (χ1n) is 6.37. The van der Waals surface area contributed by atoms with Crippen molar-refractivity contribution in [3.63, 3.8) is 0 Å². The highest BCUT2D eigenvalue weighted by Gasteiger charge is 2.36. The summed E-state index contributed by atoms with van der Waals surface area (Å²) in [5.41, 5.74) is 0.771. The van der Waals surface area contributed by atoms with Gasteiger partial charge in [-0.05, 0) is 25.1 Å². The highest BCUT2D eigenvalue weighted by Crippen LogP contribution is 2.36. The quantitative estimate of drug-likeness (QED) is 0.598. The van der Waals surface area contributed by atoms with Gasteiger partial charge in [-0.1, -0.05) is 44.0 Å². The molecule has 0 aliphatic heterocycles. The lowest BCUT2D eigenvalue weighted by Crippen LogP contribution is -2.41. The summed E-state index contributed by atoms with van der Waals surface area (Å²) < 4.78 is 6.10. The minimum absolute atomic E-state index is 0.199. The Morgan fingerprint density at radius 2 is 1.58 bits per heavy atom. The molecule has 1 rings (SSSR count). The molecule has 19 heavy (non-hydrogen) atoms. The fourth-order valence-corrected chi connectivity index (χ4v) is 3.07. The first-order chi connectivity index (χ1) is 8.54. The zero-order valence-electron chi connectivity index (χ0n) is 12.5. The van der Waals surface area contributed by atoms with Crippen molar-refractivity contribution in [1.29, 1.82) is 0 Å². The summed E-state index contributed by atoms with van der Waals surface area (Å²) in [6.45, 7) is 13.5. The molecule has 0 atom stereocenters. The van der Waals surface area contributed by atoms with E-state index >= 15 is 0 Å². The predicted octanol–water partition coefficient (Wildman–Crippen LogP) is 4.66. The summed E-state index contributed by atoms with van der Waals surface area (Å²) in [7, 11) is -1.73. The van der Waals surface area contributed by atoms with E-state index in [1.165, 1.54) is 0 Å². The lowest BCUT2D eigenvalue weighted by Gasteiger charge is -2.36. The van der Waals surface area contributed by atoms with E-state index in [1.54, 1.807) is 6.92 Å². The standard InChI is InChI=1S/C13H22Cl2N2OSi/c1-9-16-11(14)10(12(15)17-9)7-8-18-19(5,6)13(2,3)4/h7-8H2,1-6H3. The number of aryl methyl sites for hydroxylation is 1. The molecule has 1 aromatic heterocycles.